The molecule has 1 aromatic heterocycles. The van der Waals surface area contributed by atoms with Crippen molar-refractivity contribution in [2.75, 3.05) is 29.1 Å². The van der Waals surface area contributed by atoms with Crippen LogP contribution in [0.4, 0.5) is 11.4 Å². The third-order valence-corrected chi connectivity index (χ3v) is 5.10. The van der Waals surface area contributed by atoms with E-state index in [1.165, 1.54) is 35.9 Å². The fraction of sp³-hybridized carbons (Fsp3) is 0.500. The highest BCUT2D eigenvalue weighted by molar-refractivity contribution is 7.99. The average molecular weight is 359 g/mol. The maximum absolute atomic E-state index is 12.2. The molecule has 1 fully saturated rings. The first-order valence-electron chi connectivity index (χ1n) is 8.85. The van der Waals surface area contributed by atoms with Crippen molar-refractivity contribution in [3.05, 3.63) is 29.6 Å². The van der Waals surface area contributed by atoms with Crippen LogP contribution in [-0.2, 0) is 11.2 Å². The molecule has 3 rings (SSSR count). The molecule has 0 bridgehead atoms. The molecule has 1 aliphatic rings. The summed E-state index contributed by atoms with van der Waals surface area (Å²) in [5, 5.41) is 10.6. The van der Waals surface area contributed by atoms with Crippen LogP contribution < -0.4 is 10.2 Å². The number of nitrogens with one attached hydrogen (secondary N) is 2. The van der Waals surface area contributed by atoms with Gasteiger partial charge in [0, 0.05) is 30.9 Å². The van der Waals surface area contributed by atoms with E-state index < -0.39 is 0 Å². The van der Waals surface area contributed by atoms with Gasteiger partial charge in [-0.1, -0.05) is 18.7 Å². The topological polar surface area (TPSA) is 73.9 Å². The molecule has 1 aromatic carbocycles. The quantitative estimate of drug-likeness (QED) is 0.741. The standard InChI is InChI=1S/C18H25N5OS/c1-3-6-16-20-18(22-21-16)25-12-17(24)19-14-7-8-15(13(2)11-14)23-9-4-5-10-23/h7-8,11H,3-6,9-10,12H2,1-2H3,(H,19,24)(H,20,21,22). The van der Waals surface area contributed by atoms with Gasteiger partial charge in [0.2, 0.25) is 11.1 Å². The van der Waals surface area contributed by atoms with E-state index in [2.05, 4.69) is 45.3 Å². The lowest BCUT2D eigenvalue weighted by atomic mass is 10.1. The molecule has 0 saturated carbocycles. The fourth-order valence-corrected chi connectivity index (χ4v) is 3.68. The SMILES string of the molecule is CCCc1nc(SCC(=O)Nc2ccc(N3CCCC3)c(C)c2)n[nH]1. The second-order valence-electron chi connectivity index (χ2n) is 6.35. The van der Waals surface area contributed by atoms with E-state index in [0.29, 0.717) is 10.9 Å². The number of benzene rings is 1. The van der Waals surface area contributed by atoms with Gasteiger partial charge >= 0.3 is 0 Å². The second kappa shape index (κ2) is 8.38. The molecule has 0 radical (unpaired) electrons. The summed E-state index contributed by atoms with van der Waals surface area (Å²) in [4.78, 5) is 18.9. The fourth-order valence-electron chi connectivity index (χ4n) is 3.06. The number of rotatable bonds is 7. The minimum Gasteiger partial charge on any atom is -0.371 e. The Bertz CT molecular complexity index is 724. The number of amides is 1. The van der Waals surface area contributed by atoms with Gasteiger partial charge in [-0.15, -0.1) is 5.10 Å². The summed E-state index contributed by atoms with van der Waals surface area (Å²) in [6.45, 7) is 6.44. The number of carbonyl (C=O) groups excluding carboxylic acids is 1. The number of carbonyl (C=O) groups is 1. The number of hydrogen-bond donors (Lipinski definition) is 2. The monoisotopic (exact) mass is 359 g/mol. The Morgan fingerprint density at radius 3 is 2.88 bits per heavy atom. The minimum absolute atomic E-state index is 0.0415. The molecule has 0 spiro atoms. The van der Waals surface area contributed by atoms with Gasteiger partial charge in [-0.05, 0) is 49.9 Å². The Morgan fingerprint density at radius 1 is 1.36 bits per heavy atom. The highest BCUT2D eigenvalue weighted by Crippen LogP contribution is 2.26. The first-order chi connectivity index (χ1) is 12.2. The number of thioether (sulfide) groups is 1. The second-order valence-corrected chi connectivity index (χ2v) is 7.29. The van der Waals surface area contributed by atoms with Crippen LogP contribution in [0.1, 0.15) is 37.6 Å². The number of aryl methyl sites for hydroxylation is 2. The molecule has 0 unspecified atom stereocenters. The molecule has 2 heterocycles. The average Bonchev–Trinajstić information content (AvgIpc) is 3.25. The van der Waals surface area contributed by atoms with Crippen molar-refractivity contribution in [1.29, 1.82) is 0 Å². The lowest BCUT2D eigenvalue weighted by Crippen LogP contribution is -2.19. The summed E-state index contributed by atoms with van der Waals surface area (Å²) >= 11 is 1.35. The number of H-pyrrole nitrogens is 1. The van der Waals surface area contributed by atoms with Crippen molar-refractivity contribution in [2.24, 2.45) is 0 Å². The Labute approximate surface area is 152 Å². The molecule has 1 aliphatic heterocycles. The molecule has 2 aromatic rings. The van der Waals surface area contributed by atoms with E-state index >= 15 is 0 Å². The Morgan fingerprint density at radius 2 is 2.16 bits per heavy atom. The molecule has 0 aliphatic carbocycles. The van der Waals surface area contributed by atoms with E-state index in [1.807, 2.05) is 12.1 Å². The smallest absolute Gasteiger partial charge is 0.234 e. The van der Waals surface area contributed by atoms with Crippen molar-refractivity contribution in [3.8, 4) is 0 Å². The summed E-state index contributed by atoms with van der Waals surface area (Å²) in [6.07, 6.45) is 4.42. The van der Waals surface area contributed by atoms with E-state index in [4.69, 9.17) is 0 Å². The molecule has 1 amide bonds. The summed E-state index contributed by atoms with van der Waals surface area (Å²) in [6, 6.07) is 6.13. The molecule has 2 N–H and O–H groups in total. The number of hydrogen-bond acceptors (Lipinski definition) is 5. The first kappa shape index (κ1) is 17.8. The van der Waals surface area contributed by atoms with Gasteiger partial charge in [-0.2, -0.15) is 0 Å². The first-order valence-corrected chi connectivity index (χ1v) is 9.84. The van der Waals surface area contributed by atoms with Crippen molar-refractivity contribution in [1.82, 2.24) is 15.2 Å². The summed E-state index contributed by atoms with van der Waals surface area (Å²) in [5.74, 6) is 1.13. The van der Waals surface area contributed by atoms with Crippen LogP contribution in [0.5, 0.6) is 0 Å². The highest BCUT2D eigenvalue weighted by atomic mass is 32.2. The highest BCUT2D eigenvalue weighted by Gasteiger charge is 2.15. The molecule has 0 atom stereocenters. The minimum atomic E-state index is -0.0415. The number of aromatic nitrogens is 3. The van der Waals surface area contributed by atoms with Crippen LogP contribution >= 0.6 is 11.8 Å². The lowest BCUT2D eigenvalue weighted by Gasteiger charge is -2.20. The number of nitrogens with zero attached hydrogens (tertiary/aromatic N) is 3. The van der Waals surface area contributed by atoms with Gasteiger partial charge in [0.25, 0.3) is 0 Å². The van der Waals surface area contributed by atoms with Gasteiger partial charge < -0.3 is 10.2 Å². The zero-order valence-corrected chi connectivity index (χ0v) is 15.7. The summed E-state index contributed by atoms with van der Waals surface area (Å²) in [5.41, 5.74) is 3.31. The predicted octanol–water partition coefficient (Wildman–Crippen LogP) is 3.40. The largest absolute Gasteiger partial charge is 0.371 e. The van der Waals surface area contributed by atoms with Crippen molar-refractivity contribution < 1.29 is 4.79 Å². The molecule has 1 saturated heterocycles. The van der Waals surface area contributed by atoms with Crippen LogP contribution in [0.3, 0.4) is 0 Å². The molecule has 7 heteroatoms. The van der Waals surface area contributed by atoms with Gasteiger partial charge in [0.05, 0.1) is 5.75 Å². The number of anilines is 2. The maximum atomic E-state index is 12.2. The van der Waals surface area contributed by atoms with Crippen LogP contribution in [0.15, 0.2) is 23.4 Å². The van der Waals surface area contributed by atoms with E-state index in [-0.39, 0.29) is 5.91 Å². The van der Waals surface area contributed by atoms with Gasteiger partial charge in [-0.25, -0.2) is 4.98 Å². The maximum Gasteiger partial charge on any atom is 0.234 e. The zero-order chi connectivity index (χ0) is 17.6. The van der Waals surface area contributed by atoms with Crippen LogP contribution in [-0.4, -0.2) is 39.9 Å². The Kier molecular flexibility index (Phi) is 5.96. The summed E-state index contributed by atoms with van der Waals surface area (Å²) < 4.78 is 0. The van der Waals surface area contributed by atoms with Gasteiger partial charge in [-0.3, -0.25) is 9.89 Å². The summed E-state index contributed by atoms with van der Waals surface area (Å²) in [7, 11) is 0. The van der Waals surface area contributed by atoms with Gasteiger partial charge in [0.1, 0.15) is 5.82 Å². The molecular weight excluding hydrogens is 334 g/mol. The molecule has 25 heavy (non-hydrogen) atoms. The molecular formula is C18H25N5OS. The third kappa shape index (κ3) is 4.75. The molecule has 134 valence electrons. The van der Waals surface area contributed by atoms with E-state index in [0.717, 1.165) is 37.4 Å². The van der Waals surface area contributed by atoms with Crippen molar-refractivity contribution >= 4 is 29.0 Å². The molecule has 6 nitrogen and oxygen atoms in total. The van der Waals surface area contributed by atoms with Crippen molar-refractivity contribution in [3.63, 3.8) is 0 Å². The Hall–Kier alpha value is -2.02. The van der Waals surface area contributed by atoms with Gasteiger partial charge in [0.15, 0.2) is 0 Å². The van der Waals surface area contributed by atoms with E-state index in [1.54, 1.807) is 0 Å². The van der Waals surface area contributed by atoms with Crippen molar-refractivity contribution in [2.45, 2.75) is 44.7 Å². The third-order valence-electron chi connectivity index (χ3n) is 4.26. The predicted molar refractivity (Wildman–Crippen MR) is 102 cm³/mol. The van der Waals surface area contributed by atoms with E-state index in [9.17, 15) is 4.79 Å². The lowest BCUT2D eigenvalue weighted by molar-refractivity contribution is -0.113. The normalized spacial score (nSPS) is 14.1. The zero-order valence-electron chi connectivity index (χ0n) is 14.8. The number of aromatic amines is 1. The van der Waals surface area contributed by atoms with Crippen LogP contribution in [0, 0.1) is 6.92 Å². The Balaban J connectivity index is 1.52. The van der Waals surface area contributed by atoms with Crippen LogP contribution in [0.2, 0.25) is 0 Å². The van der Waals surface area contributed by atoms with Crippen LogP contribution in [0.25, 0.3) is 0 Å².